The van der Waals surface area contributed by atoms with E-state index in [0.717, 1.165) is 5.69 Å². The topological polar surface area (TPSA) is 131 Å². The number of amides is 1. The zero-order chi connectivity index (χ0) is 17.7. The SMILES string of the molecule is NC(=O)c1cc(Cl)ccc1N.O=C(O)C1=NCNc2ccccc21. The number of carbonyl (C=O) groups is 2. The van der Waals surface area contributed by atoms with Crippen molar-refractivity contribution in [3.8, 4) is 0 Å². The van der Waals surface area contributed by atoms with Crippen LogP contribution < -0.4 is 16.8 Å². The molecule has 6 N–H and O–H groups in total. The second-order valence-corrected chi connectivity index (χ2v) is 5.22. The first-order valence-corrected chi connectivity index (χ1v) is 7.23. The first-order valence-electron chi connectivity index (χ1n) is 6.86. The Morgan fingerprint density at radius 3 is 2.54 bits per heavy atom. The number of anilines is 2. The Kier molecular flexibility index (Phi) is 5.39. The average Bonchev–Trinajstić information content (AvgIpc) is 2.56. The van der Waals surface area contributed by atoms with Crippen LogP contribution in [0.2, 0.25) is 5.02 Å². The number of benzene rings is 2. The molecule has 0 spiro atoms. The van der Waals surface area contributed by atoms with E-state index in [-0.39, 0.29) is 11.3 Å². The molecule has 0 saturated carbocycles. The van der Waals surface area contributed by atoms with Crippen molar-refractivity contribution in [2.75, 3.05) is 17.7 Å². The van der Waals surface area contributed by atoms with Gasteiger partial charge in [0.05, 0.1) is 5.56 Å². The Labute approximate surface area is 142 Å². The predicted octanol–water partition coefficient (Wildman–Crippen LogP) is 1.96. The number of halogens is 1. The lowest BCUT2D eigenvalue weighted by atomic mass is 10.1. The highest BCUT2D eigenvalue weighted by molar-refractivity contribution is 6.44. The molecule has 0 bridgehead atoms. The highest BCUT2D eigenvalue weighted by Crippen LogP contribution is 2.19. The first kappa shape index (κ1) is 17.3. The Morgan fingerprint density at radius 1 is 1.21 bits per heavy atom. The van der Waals surface area contributed by atoms with Gasteiger partial charge in [-0.3, -0.25) is 9.79 Å². The Morgan fingerprint density at radius 2 is 1.92 bits per heavy atom. The van der Waals surface area contributed by atoms with Crippen LogP contribution in [0.4, 0.5) is 11.4 Å². The number of nitrogens with zero attached hydrogens (tertiary/aromatic N) is 1. The summed E-state index contributed by atoms with van der Waals surface area (Å²) >= 11 is 5.60. The maximum absolute atomic E-state index is 10.8. The third kappa shape index (κ3) is 4.02. The number of aliphatic imine (C=N–C) groups is 1. The van der Waals surface area contributed by atoms with Crippen LogP contribution in [0.5, 0.6) is 0 Å². The summed E-state index contributed by atoms with van der Waals surface area (Å²) < 4.78 is 0. The second-order valence-electron chi connectivity index (χ2n) is 4.79. The van der Waals surface area contributed by atoms with Gasteiger partial charge in [-0.15, -0.1) is 0 Å². The number of aliphatic carboxylic acids is 1. The number of carbonyl (C=O) groups excluding carboxylic acids is 1. The van der Waals surface area contributed by atoms with Crippen LogP contribution >= 0.6 is 11.6 Å². The van der Waals surface area contributed by atoms with Crippen molar-refractivity contribution in [3.63, 3.8) is 0 Å². The van der Waals surface area contributed by atoms with Gasteiger partial charge in [-0.05, 0) is 24.3 Å². The van der Waals surface area contributed by atoms with Gasteiger partial charge in [0, 0.05) is 22.0 Å². The van der Waals surface area contributed by atoms with E-state index in [4.69, 9.17) is 28.2 Å². The lowest BCUT2D eigenvalue weighted by Crippen LogP contribution is -2.22. The van der Waals surface area contributed by atoms with Crippen molar-refractivity contribution in [2.45, 2.75) is 0 Å². The number of carboxylic acid groups (broad SMARTS) is 1. The van der Waals surface area contributed by atoms with Gasteiger partial charge in [-0.25, -0.2) is 4.79 Å². The normalized spacial score (nSPS) is 12.0. The van der Waals surface area contributed by atoms with Gasteiger partial charge in [0.1, 0.15) is 6.67 Å². The maximum atomic E-state index is 10.8. The maximum Gasteiger partial charge on any atom is 0.354 e. The summed E-state index contributed by atoms with van der Waals surface area (Å²) in [5.74, 6) is -1.54. The monoisotopic (exact) mass is 346 g/mol. The number of para-hydroxylation sites is 1. The number of carboxylic acids is 1. The molecule has 0 fully saturated rings. The van der Waals surface area contributed by atoms with Gasteiger partial charge in [-0.2, -0.15) is 0 Å². The molecule has 1 aliphatic heterocycles. The molecule has 8 heteroatoms. The van der Waals surface area contributed by atoms with Gasteiger partial charge >= 0.3 is 5.97 Å². The van der Waals surface area contributed by atoms with Crippen LogP contribution in [0.15, 0.2) is 47.5 Å². The summed E-state index contributed by atoms with van der Waals surface area (Å²) in [6.45, 7) is 0.332. The first-order chi connectivity index (χ1) is 11.4. The van der Waals surface area contributed by atoms with Crippen molar-refractivity contribution >= 4 is 40.6 Å². The van der Waals surface area contributed by atoms with Crippen LogP contribution in [0.3, 0.4) is 0 Å². The fourth-order valence-electron chi connectivity index (χ4n) is 2.06. The van der Waals surface area contributed by atoms with Gasteiger partial charge in [0.15, 0.2) is 5.71 Å². The number of hydrogen-bond acceptors (Lipinski definition) is 5. The Hall–Kier alpha value is -3.06. The van der Waals surface area contributed by atoms with E-state index in [2.05, 4.69) is 10.3 Å². The zero-order valence-electron chi connectivity index (χ0n) is 12.5. The lowest BCUT2D eigenvalue weighted by Gasteiger charge is -2.15. The van der Waals surface area contributed by atoms with Crippen molar-refractivity contribution in [2.24, 2.45) is 10.7 Å². The molecule has 1 amide bonds. The summed E-state index contributed by atoms with van der Waals surface area (Å²) in [4.78, 5) is 25.3. The van der Waals surface area contributed by atoms with Crippen molar-refractivity contribution in [3.05, 3.63) is 58.6 Å². The number of nitrogen functional groups attached to an aromatic ring is 1. The number of primary amides is 1. The lowest BCUT2D eigenvalue weighted by molar-refractivity contribution is -0.129. The van der Waals surface area contributed by atoms with E-state index < -0.39 is 11.9 Å². The summed E-state index contributed by atoms with van der Waals surface area (Å²) in [6, 6.07) is 11.8. The zero-order valence-corrected chi connectivity index (χ0v) is 13.2. The number of hydrogen-bond donors (Lipinski definition) is 4. The highest BCUT2D eigenvalue weighted by atomic mass is 35.5. The van der Waals surface area contributed by atoms with Gasteiger partial charge in [0.25, 0.3) is 5.91 Å². The van der Waals surface area contributed by atoms with Crippen LogP contribution in [-0.2, 0) is 4.79 Å². The Bertz CT molecular complexity index is 821. The Balaban J connectivity index is 0.000000177. The summed E-state index contributed by atoms with van der Waals surface area (Å²) in [6.07, 6.45) is 0. The molecule has 0 aromatic heterocycles. The van der Waals surface area contributed by atoms with Crippen LogP contribution in [0.1, 0.15) is 15.9 Å². The third-order valence-corrected chi connectivity index (χ3v) is 3.41. The molecule has 2 aromatic carbocycles. The summed E-state index contributed by atoms with van der Waals surface area (Å²) in [5, 5.41) is 12.3. The molecule has 0 atom stereocenters. The number of nitrogens with two attached hydrogens (primary N) is 2. The molecule has 3 rings (SSSR count). The predicted molar refractivity (Wildman–Crippen MR) is 93.5 cm³/mol. The van der Waals surface area contributed by atoms with E-state index in [0.29, 0.717) is 22.9 Å². The molecular formula is C16H15ClN4O3. The average molecular weight is 347 g/mol. The molecular weight excluding hydrogens is 332 g/mol. The highest BCUT2D eigenvalue weighted by Gasteiger charge is 2.18. The van der Waals surface area contributed by atoms with Crippen LogP contribution in [-0.4, -0.2) is 29.4 Å². The van der Waals surface area contributed by atoms with E-state index in [1.807, 2.05) is 12.1 Å². The summed E-state index contributed by atoms with van der Waals surface area (Å²) in [5.41, 5.74) is 12.7. The number of rotatable bonds is 2. The fraction of sp³-hybridized carbons (Fsp3) is 0.0625. The van der Waals surface area contributed by atoms with E-state index >= 15 is 0 Å². The minimum atomic E-state index is -0.978. The number of fused-ring (bicyclic) bond motifs is 1. The molecule has 124 valence electrons. The molecule has 24 heavy (non-hydrogen) atoms. The van der Waals surface area contributed by atoms with E-state index in [1.165, 1.54) is 6.07 Å². The summed E-state index contributed by atoms with van der Waals surface area (Å²) in [7, 11) is 0. The molecule has 1 heterocycles. The smallest absolute Gasteiger partial charge is 0.354 e. The van der Waals surface area contributed by atoms with Gasteiger partial charge in [-0.1, -0.05) is 29.8 Å². The third-order valence-electron chi connectivity index (χ3n) is 3.17. The molecule has 0 unspecified atom stereocenters. The van der Waals surface area contributed by atoms with E-state index in [9.17, 15) is 9.59 Å². The van der Waals surface area contributed by atoms with Crippen molar-refractivity contribution < 1.29 is 14.7 Å². The molecule has 0 radical (unpaired) electrons. The van der Waals surface area contributed by atoms with Crippen molar-refractivity contribution in [1.82, 2.24) is 0 Å². The second kappa shape index (κ2) is 7.47. The molecule has 2 aromatic rings. The van der Waals surface area contributed by atoms with Crippen LogP contribution in [0, 0.1) is 0 Å². The standard InChI is InChI=1S/C9H8N2O2.C7H7ClN2O/c12-9(13)8-6-3-1-2-4-7(6)10-5-11-8;8-4-1-2-6(9)5(3-4)7(10)11/h1-4,10H,5H2,(H,12,13);1-3H,9H2,(H2,10,11). The van der Waals surface area contributed by atoms with Gasteiger partial charge < -0.3 is 21.9 Å². The quantitative estimate of drug-likeness (QED) is 0.617. The molecule has 0 aliphatic carbocycles. The fourth-order valence-corrected chi connectivity index (χ4v) is 2.23. The molecule has 7 nitrogen and oxygen atoms in total. The van der Waals surface area contributed by atoms with Crippen molar-refractivity contribution in [1.29, 1.82) is 0 Å². The largest absolute Gasteiger partial charge is 0.477 e. The minimum absolute atomic E-state index is 0.134. The number of nitrogens with one attached hydrogen (secondary N) is 1. The van der Waals surface area contributed by atoms with E-state index in [1.54, 1.807) is 24.3 Å². The molecule has 1 aliphatic rings. The van der Waals surface area contributed by atoms with Gasteiger partial charge in [0.2, 0.25) is 0 Å². The molecule has 0 saturated heterocycles. The minimum Gasteiger partial charge on any atom is -0.477 e. The van der Waals surface area contributed by atoms with Crippen LogP contribution in [0.25, 0.3) is 0 Å².